The minimum Gasteiger partial charge on any atom is -0.477 e. The summed E-state index contributed by atoms with van der Waals surface area (Å²) in [7, 11) is 0. The Morgan fingerprint density at radius 3 is 2.55 bits per heavy atom. The maximum absolute atomic E-state index is 13.5. The summed E-state index contributed by atoms with van der Waals surface area (Å²) in [4.78, 5) is 11.5. The molecule has 0 aliphatic heterocycles. The molecule has 2 rings (SSSR count). The Balaban J connectivity index is 2.66. The molecule has 0 radical (unpaired) electrons. The first-order valence-electron chi connectivity index (χ1n) is 5.90. The van der Waals surface area contributed by atoms with Crippen molar-refractivity contribution in [3.05, 3.63) is 40.4 Å². The Bertz CT molecular complexity index is 674. The fraction of sp³-hybridized carbons (Fsp3) is 0.286. The summed E-state index contributed by atoms with van der Waals surface area (Å²) in [6.45, 7) is 5.44. The summed E-state index contributed by atoms with van der Waals surface area (Å²) in [6.07, 6.45) is 0. The highest BCUT2D eigenvalue weighted by Gasteiger charge is 2.31. The van der Waals surface area contributed by atoms with Crippen LogP contribution in [0.4, 0.5) is 4.39 Å². The molecule has 0 spiro atoms. The summed E-state index contributed by atoms with van der Waals surface area (Å²) >= 11 is 5.61. The molecule has 20 heavy (non-hydrogen) atoms. The van der Waals surface area contributed by atoms with E-state index < -0.39 is 17.2 Å². The predicted molar refractivity (Wildman–Crippen MR) is 72.6 cm³/mol. The van der Waals surface area contributed by atoms with Crippen LogP contribution in [-0.4, -0.2) is 16.2 Å². The Morgan fingerprint density at radius 1 is 1.40 bits per heavy atom. The average molecular weight is 298 g/mol. The second-order valence-corrected chi connectivity index (χ2v) is 5.83. The van der Waals surface area contributed by atoms with E-state index in [-0.39, 0.29) is 22.0 Å². The Kier molecular flexibility index (Phi) is 3.56. The zero-order valence-electron chi connectivity index (χ0n) is 11.2. The van der Waals surface area contributed by atoms with Crippen molar-refractivity contribution in [2.24, 2.45) is 0 Å². The van der Waals surface area contributed by atoms with Crippen molar-refractivity contribution >= 4 is 17.6 Å². The van der Waals surface area contributed by atoms with Gasteiger partial charge in [-0.15, -0.1) is 0 Å². The molecule has 6 heteroatoms. The zero-order chi connectivity index (χ0) is 15.1. The third-order valence-corrected chi connectivity index (χ3v) is 3.09. The van der Waals surface area contributed by atoms with Crippen LogP contribution in [0.1, 0.15) is 36.9 Å². The lowest BCUT2D eigenvalue weighted by molar-refractivity contribution is 0.0693. The first-order chi connectivity index (χ1) is 9.21. The lowest BCUT2D eigenvalue weighted by Gasteiger charge is -2.14. The summed E-state index contributed by atoms with van der Waals surface area (Å²) in [5.74, 6) is -1.56. The van der Waals surface area contributed by atoms with Gasteiger partial charge in [-0.3, -0.25) is 0 Å². The van der Waals surface area contributed by atoms with Gasteiger partial charge in [-0.25, -0.2) is 9.18 Å². The minimum absolute atomic E-state index is 0.0369. The minimum atomic E-state index is -1.17. The fourth-order valence-corrected chi connectivity index (χ4v) is 1.96. The smallest absolute Gasteiger partial charge is 0.341 e. The number of carbonyl (C=O) groups is 1. The van der Waals surface area contributed by atoms with Gasteiger partial charge in [0.15, 0.2) is 5.76 Å². The number of aromatic nitrogens is 1. The number of rotatable bonds is 2. The molecule has 0 amide bonds. The van der Waals surface area contributed by atoms with Crippen LogP contribution in [0.25, 0.3) is 11.3 Å². The summed E-state index contributed by atoms with van der Waals surface area (Å²) < 4.78 is 18.7. The molecule has 1 heterocycles. The molecule has 2 aromatic rings. The first-order valence-corrected chi connectivity index (χ1v) is 6.28. The summed E-state index contributed by atoms with van der Waals surface area (Å²) in [5, 5.41) is 13.1. The largest absolute Gasteiger partial charge is 0.477 e. The molecule has 0 aliphatic rings. The van der Waals surface area contributed by atoms with E-state index in [2.05, 4.69) is 5.16 Å². The van der Waals surface area contributed by atoms with Crippen molar-refractivity contribution in [2.75, 3.05) is 0 Å². The average Bonchev–Trinajstić information content (AvgIpc) is 2.77. The number of benzene rings is 1. The maximum Gasteiger partial charge on any atom is 0.341 e. The second-order valence-electron chi connectivity index (χ2n) is 5.42. The van der Waals surface area contributed by atoms with E-state index in [1.54, 1.807) is 0 Å². The van der Waals surface area contributed by atoms with E-state index in [0.717, 1.165) is 6.07 Å². The maximum atomic E-state index is 13.5. The van der Waals surface area contributed by atoms with Gasteiger partial charge in [0.2, 0.25) is 0 Å². The van der Waals surface area contributed by atoms with Gasteiger partial charge < -0.3 is 9.63 Å². The van der Waals surface area contributed by atoms with Crippen LogP contribution in [0.3, 0.4) is 0 Å². The molecule has 0 saturated heterocycles. The van der Waals surface area contributed by atoms with Crippen LogP contribution in [0.15, 0.2) is 22.7 Å². The van der Waals surface area contributed by atoms with Gasteiger partial charge in [-0.1, -0.05) is 43.6 Å². The van der Waals surface area contributed by atoms with E-state index in [9.17, 15) is 14.3 Å². The quantitative estimate of drug-likeness (QED) is 0.905. The van der Waals surface area contributed by atoms with Crippen LogP contribution < -0.4 is 0 Å². The van der Waals surface area contributed by atoms with Crippen molar-refractivity contribution in [3.8, 4) is 11.3 Å². The van der Waals surface area contributed by atoms with Crippen LogP contribution in [0.2, 0.25) is 5.02 Å². The lowest BCUT2D eigenvalue weighted by Crippen LogP contribution is -2.15. The topological polar surface area (TPSA) is 63.3 Å². The highest BCUT2D eigenvalue weighted by molar-refractivity contribution is 6.30. The van der Waals surface area contributed by atoms with E-state index in [1.165, 1.54) is 12.1 Å². The second kappa shape index (κ2) is 4.90. The molecule has 106 valence electrons. The molecule has 0 atom stereocenters. The molecule has 1 aromatic carbocycles. The number of hydrogen-bond acceptors (Lipinski definition) is 3. The van der Waals surface area contributed by atoms with Gasteiger partial charge in [0.05, 0.1) is 5.02 Å². The molecule has 0 saturated carbocycles. The normalized spacial score (nSPS) is 11.7. The Hall–Kier alpha value is -1.88. The number of halogens is 2. The van der Waals surface area contributed by atoms with E-state index in [4.69, 9.17) is 16.1 Å². The van der Waals surface area contributed by atoms with Crippen LogP contribution in [-0.2, 0) is 5.41 Å². The molecule has 1 aromatic heterocycles. The number of hydrogen-bond donors (Lipinski definition) is 1. The standard InChI is InChI=1S/C14H13ClFNO3/c1-14(2,3)12-10(13(18)19)11(17-20-12)7-4-5-8(15)9(16)6-7/h4-6H,1-3H3,(H,18,19). The van der Waals surface area contributed by atoms with Crippen molar-refractivity contribution in [1.29, 1.82) is 0 Å². The van der Waals surface area contributed by atoms with E-state index >= 15 is 0 Å². The number of nitrogens with zero attached hydrogens (tertiary/aromatic N) is 1. The van der Waals surface area contributed by atoms with Crippen LogP contribution in [0, 0.1) is 5.82 Å². The van der Waals surface area contributed by atoms with Gasteiger partial charge in [0, 0.05) is 11.0 Å². The Morgan fingerprint density at radius 2 is 2.05 bits per heavy atom. The summed E-state index contributed by atoms with van der Waals surface area (Å²) in [5.41, 5.74) is -0.176. The third-order valence-electron chi connectivity index (χ3n) is 2.78. The number of carboxylic acid groups (broad SMARTS) is 1. The monoisotopic (exact) mass is 297 g/mol. The van der Waals surface area contributed by atoms with Gasteiger partial charge in [0.1, 0.15) is 17.1 Å². The predicted octanol–water partition coefficient (Wildman–Crippen LogP) is 4.13. The van der Waals surface area contributed by atoms with Crippen LogP contribution >= 0.6 is 11.6 Å². The number of aromatic carboxylic acids is 1. The van der Waals surface area contributed by atoms with E-state index in [1.807, 2.05) is 20.8 Å². The molecule has 0 unspecified atom stereocenters. The molecule has 0 fully saturated rings. The number of carboxylic acids is 1. The highest BCUT2D eigenvalue weighted by Crippen LogP contribution is 2.34. The molecule has 1 N–H and O–H groups in total. The molecule has 4 nitrogen and oxygen atoms in total. The van der Waals surface area contributed by atoms with Crippen molar-refractivity contribution in [2.45, 2.75) is 26.2 Å². The SMILES string of the molecule is CC(C)(C)c1onc(-c2ccc(Cl)c(F)c2)c1C(=O)O. The lowest BCUT2D eigenvalue weighted by atomic mass is 9.89. The van der Waals surface area contributed by atoms with Gasteiger partial charge in [-0.05, 0) is 12.1 Å². The zero-order valence-corrected chi connectivity index (χ0v) is 12.0. The van der Waals surface area contributed by atoms with Crippen LogP contribution in [0.5, 0.6) is 0 Å². The van der Waals surface area contributed by atoms with Crippen molar-refractivity contribution < 1.29 is 18.8 Å². The van der Waals surface area contributed by atoms with Crippen molar-refractivity contribution in [3.63, 3.8) is 0 Å². The molecule has 0 bridgehead atoms. The molecular formula is C14H13ClFNO3. The van der Waals surface area contributed by atoms with Gasteiger partial charge in [0.25, 0.3) is 0 Å². The fourth-order valence-electron chi connectivity index (χ4n) is 1.84. The first kappa shape index (κ1) is 14.5. The molecule has 0 aliphatic carbocycles. The highest BCUT2D eigenvalue weighted by atomic mass is 35.5. The summed E-state index contributed by atoms with van der Waals surface area (Å²) in [6, 6.07) is 3.99. The van der Waals surface area contributed by atoms with E-state index in [0.29, 0.717) is 5.56 Å². The molecular weight excluding hydrogens is 285 g/mol. The third kappa shape index (κ3) is 2.54. The Labute approximate surface area is 120 Å². The van der Waals surface area contributed by atoms with Crippen molar-refractivity contribution in [1.82, 2.24) is 5.16 Å². The van der Waals surface area contributed by atoms with Gasteiger partial charge in [-0.2, -0.15) is 0 Å². The van der Waals surface area contributed by atoms with Gasteiger partial charge >= 0.3 is 5.97 Å².